The van der Waals surface area contributed by atoms with E-state index in [1.165, 1.54) is 17.4 Å². The van der Waals surface area contributed by atoms with Crippen LogP contribution in [0.4, 0.5) is 23.0 Å². The number of anilines is 3. The van der Waals surface area contributed by atoms with Gasteiger partial charge in [0, 0.05) is 69.2 Å². The minimum atomic E-state index is -0.337. The minimum Gasteiger partial charge on any atom is -0.494 e. The van der Waals surface area contributed by atoms with E-state index in [2.05, 4.69) is 47.2 Å². The predicted molar refractivity (Wildman–Crippen MR) is 164 cm³/mol. The van der Waals surface area contributed by atoms with Crippen LogP contribution < -0.4 is 15.0 Å². The Morgan fingerprint density at radius 3 is 2.45 bits per heavy atom. The molecular formula is C29H33N9O3S. The van der Waals surface area contributed by atoms with Crippen LogP contribution >= 0.6 is 11.3 Å². The van der Waals surface area contributed by atoms with Crippen molar-refractivity contribution in [1.82, 2.24) is 30.0 Å². The molecule has 6 rings (SSSR count). The first-order valence-corrected chi connectivity index (χ1v) is 14.8. The van der Waals surface area contributed by atoms with Crippen molar-refractivity contribution in [3.05, 3.63) is 64.8 Å². The molecule has 2 aliphatic heterocycles. The number of nitro groups is 1. The Morgan fingerprint density at radius 1 is 1.00 bits per heavy atom. The number of hydrogen-bond donors (Lipinski definition) is 1. The summed E-state index contributed by atoms with van der Waals surface area (Å²) in [4.78, 5) is 27.9. The lowest BCUT2D eigenvalue weighted by Gasteiger charge is -2.42. The van der Waals surface area contributed by atoms with Gasteiger partial charge in [-0.1, -0.05) is 41.7 Å². The molecule has 4 aromatic rings. The van der Waals surface area contributed by atoms with Crippen LogP contribution in [0.3, 0.4) is 0 Å². The number of nitrogens with zero attached hydrogens (tertiary/aromatic N) is 8. The summed E-state index contributed by atoms with van der Waals surface area (Å²) < 4.78 is 5.68. The molecule has 0 amide bonds. The van der Waals surface area contributed by atoms with Gasteiger partial charge >= 0.3 is 0 Å². The summed E-state index contributed by atoms with van der Waals surface area (Å²) in [6, 6.07) is 15.4. The van der Waals surface area contributed by atoms with E-state index >= 15 is 0 Å². The van der Waals surface area contributed by atoms with E-state index < -0.39 is 0 Å². The highest BCUT2D eigenvalue weighted by Crippen LogP contribution is 2.40. The molecule has 1 N–H and O–H groups in total. The number of piperazine rings is 1. The summed E-state index contributed by atoms with van der Waals surface area (Å²) in [5, 5.41) is 25.4. The Morgan fingerprint density at radius 2 is 1.74 bits per heavy atom. The molecule has 2 fully saturated rings. The fourth-order valence-corrected chi connectivity index (χ4v) is 6.38. The maximum Gasteiger partial charge on any atom is 0.294 e. The van der Waals surface area contributed by atoms with E-state index in [4.69, 9.17) is 4.74 Å². The van der Waals surface area contributed by atoms with Gasteiger partial charge in [-0.15, -0.1) is 10.2 Å². The van der Waals surface area contributed by atoms with Gasteiger partial charge in [0.2, 0.25) is 5.95 Å². The summed E-state index contributed by atoms with van der Waals surface area (Å²) in [7, 11) is 3.72. The van der Waals surface area contributed by atoms with Crippen molar-refractivity contribution in [2.75, 3.05) is 63.6 Å². The molecule has 42 heavy (non-hydrogen) atoms. The van der Waals surface area contributed by atoms with E-state index in [9.17, 15) is 10.1 Å². The summed E-state index contributed by atoms with van der Waals surface area (Å²) in [5.41, 5.74) is 2.58. The second-order valence-corrected chi connectivity index (χ2v) is 11.5. The first-order valence-electron chi connectivity index (χ1n) is 14.0. The highest BCUT2D eigenvalue weighted by atomic mass is 32.1. The zero-order valence-corrected chi connectivity index (χ0v) is 24.5. The van der Waals surface area contributed by atoms with Crippen molar-refractivity contribution in [2.45, 2.75) is 18.9 Å². The lowest BCUT2D eigenvalue weighted by Crippen LogP contribution is -2.52. The zero-order chi connectivity index (χ0) is 29.1. The molecular weight excluding hydrogens is 554 g/mol. The van der Waals surface area contributed by atoms with Crippen LogP contribution in [0.5, 0.6) is 5.75 Å². The number of rotatable bonds is 8. The maximum absolute atomic E-state index is 12.2. The van der Waals surface area contributed by atoms with Crippen molar-refractivity contribution >= 4 is 34.3 Å². The Labute approximate surface area is 248 Å². The molecule has 0 unspecified atom stereocenters. The van der Waals surface area contributed by atoms with Crippen LogP contribution in [-0.4, -0.2) is 94.4 Å². The number of nitrogens with one attached hydrogen (secondary N) is 1. The van der Waals surface area contributed by atoms with Crippen LogP contribution in [0, 0.1) is 10.1 Å². The lowest BCUT2D eigenvalue weighted by molar-refractivity contribution is -0.384. The van der Waals surface area contributed by atoms with Gasteiger partial charge in [0.05, 0.1) is 17.7 Å². The van der Waals surface area contributed by atoms with Crippen molar-refractivity contribution < 1.29 is 9.66 Å². The van der Waals surface area contributed by atoms with Gasteiger partial charge in [0.1, 0.15) is 22.1 Å². The number of aromatic nitrogens is 4. The number of piperidine rings is 1. The lowest BCUT2D eigenvalue weighted by atomic mass is 10.0. The van der Waals surface area contributed by atoms with Crippen LogP contribution in [0.15, 0.2) is 54.7 Å². The average Bonchev–Trinajstić information content (AvgIpc) is 3.53. The Kier molecular flexibility index (Phi) is 8.22. The third kappa shape index (κ3) is 6.03. The highest BCUT2D eigenvalue weighted by Gasteiger charge is 2.30. The normalized spacial score (nSPS) is 16.9. The molecule has 218 valence electrons. The van der Waals surface area contributed by atoms with Gasteiger partial charge in [0.15, 0.2) is 5.01 Å². The molecule has 0 radical (unpaired) electrons. The van der Waals surface area contributed by atoms with E-state index in [1.807, 2.05) is 30.3 Å². The van der Waals surface area contributed by atoms with Gasteiger partial charge in [0.25, 0.3) is 5.69 Å². The number of benzene rings is 2. The van der Waals surface area contributed by atoms with Gasteiger partial charge in [-0.3, -0.25) is 15.0 Å². The molecule has 2 saturated heterocycles. The molecule has 0 spiro atoms. The molecule has 0 atom stereocenters. The maximum atomic E-state index is 12.2. The number of hydrogen-bond acceptors (Lipinski definition) is 12. The van der Waals surface area contributed by atoms with E-state index in [0.717, 1.165) is 62.7 Å². The second kappa shape index (κ2) is 12.3. The summed E-state index contributed by atoms with van der Waals surface area (Å²) in [6.07, 6.45) is 3.57. The standard InChI is InChI=1S/C29H33N9O3S/c1-35-14-16-36(17-15-35)21-9-12-37(13-10-21)24-19-26(41-2)23(18-25(24)38(39)40)32-29-30-11-8-22(31-29)28-34-33-27(42-28)20-6-4-3-5-7-20/h3-8,11,18-19,21H,9-10,12-17H2,1-2H3,(H,30,31,32). The summed E-state index contributed by atoms with van der Waals surface area (Å²) >= 11 is 1.43. The first-order chi connectivity index (χ1) is 20.5. The molecule has 13 heteroatoms. The zero-order valence-electron chi connectivity index (χ0n) is 23.6. The van der Waals surface area contributed by atoms with E-state index in [1.54, 1.807) is 25.4 Å². The third-order valence-corrected chi connectivity index (χ3v) is 8.91. The van der Waals surface area contributed by atoms with Gasteiger partial charge in [-0.2, -0.15) is 0 Å². The fraction of sp³-hybridized carbons (Fsp3) is 0.379. The Balaban J connectivity index is 1.20. The minimum absolute atomic E-state index is 0.0177. The molecule has 0 bridgehead atoms. The number of ether oxygens (including phenoxy) is 1. The highest BCUT2D eigenvalue weighted by molar-refractivity contribution is 7.17. The van der Waals surface area contributed by atoms with Crippen LogP contribution in [0.2, 0.25) is 0 Å². The van der Waals surface area contributed by atoms with E-state index in [0.29, 0.717) is 33.9 Å². The quantitative estimate of drug-likeness (QED) is 0.231. The molecule has 4 heterocycles. The fourth-order valence-electron chi connectivity index (χ4n) is 5.57. The third-order valence-electron chi connectivity index (χ3n) is 7.92. The monoisotopic (exact) mass is 587 g/mol. The summed E-state index contributed by atoms with van der Waals surface area (Å²) in [5.74, 6) is 0.755. The Bertz CT molecular complexity index is 1530. The molecule has 2 aromatic carbocycles. The number of nitro benzene ring substituents is 1. The summed E-state index contributed by atoms with van der Waals surface area (Å²) in [6.45, 7) is 5.83. The Hall–Kier alpha value is -4.20. The molecule has 2 aromatic heterocycles. The van der Waals surface area contributed by atoms with Crippen LogP contribution in [-0.2, 0) is 0 Å². The van der Waals surface area contributed by atoms with Gasteiger partial charge < -0.3 is 19.9 Å². The first kappa shape index (κ1) is 27.9. The predicted octanol–water partition coefficient (Wildman–Crippen LogP) is 4.54. The van der Waals surface area contributed by atoms with Crippen LogP contribution in [0.25, 0.3) is 21.3 Å². The van der Waals surface area contributed by atoms with Gasteiger partial charge in [-0.05, 0) is 26.0 Å². The average molecular weight is 588 g/mol. The van der Waals surface area contributed by atoms with Crippen molar-refractivity contribution in [1.29, 1.82) is 0 Å². The van der Waals surface area contributed by atoms with Crippen molar-refractivity contribution in [3.63, 3.8) is 0 Å². The van der Waals surface area contributed by atoms with Crippen molar-refractivity contribution in [3.8, 4) is 27.0 Å². The molecule has 12 nitrogen and oxygen atoms in total. The van der Waals surface area contributed by atoms with Crippen LogP contribution in [0.1, 0.15) is 12.8 Å². The molecule has 0 aliphatic carbocycles. The molecule has 2 aliphatic rings. The smallest absolute Gasteiger partial charge is 0.294 e. The topological polar surface area (TPSA) is 126 Å². The number of likely N-dealkylation sites (N-methyl/N-ethyl adjacent to an activating group) is 1. The van der Waals surface area contributed by atoms with Gasteiger partial charge in [-0.25, -0.2) is 9.97 Å². The SMILES string of the molecule is COc1cc(N2CCC(N3CCN(C)CC3)CC2)c([N+](=O)[O-])cc1Nc1nccc(-c2nnc(-c3ccccc3)s2)n1. The second-order valence-electron chi connectivity index (χ2n) is 10.5. The molecule has 0 saturated carbocycles. The van der Waals surface area contributed by atoms with Crippen molar-refractivity contribution in [2.24, 2.45) is 0 Å². The number of methoxy groups -OCH3 is 1. The largest absolute Gasteiger partial charge is 0.494 e. The van der Waals surface area contributed by atoms with E-state index in [-0.39, 0.29) is 16.6 Å².